The molecule has 0 bridgehead atoms. The maximum atomic E-state index is 12.2. The molecular formula is C12H16F3N. The van der Waals surface area contributed by atoms with Gasteiger partial charge in [-0.05, 0) is 30.0 Å². The number of halogens is 3. The summed E-state index contributed by atoms with van der Waals surface area (Å²) in [5.74, 6) is 0.207. The number of nitrogens with two attached hydrogens (primary N) is 1. The van der Waals surface area contributed by atoms with Gasteiger partial charge in [-0.2, -0.15) is 13.2 Å². The van der Waals surface area contributed by atoms with Gasteiger partial charge in [0.25, 0.3) is 0 Å². The standard InChI is InChI=1S/C12H16F3N/c1-9(5-6-16)11-4-2-3-10(7-11)8-12(13,14)15/h2-4,7,9H,5-6,8,16H2,1H3. The van der Waals surface area contributed by atoms with E-state index in [1.807, 2.05) is 13.0 Å². The fourth-order valence-corrected chi connectivity index (χ4v) is 1.66. The number of benzene rings is 1. The Kier molecular flexibility index (Phi) is 4.35. The lowest BCUT2D eigenvalue weighted by Crippen LogP contribution is -2.12. The highest BCUT2D eigenvalue weighted by Gasteiger charge is 2.27. The Balaban J connectivity index is 2.78. The van der Waals surface area contributed by atoms with Gasteiger partial charge in [0.2, 0.25) is 0 Å². The Bertz CT molecular complexity index is 333. The van der Waals surface area contributed by atoms with Gasteiger partial charge in [0.1, 0.15) is 0 Å². The molecule has 1 nitrogen and oxygen atoms in total. The molecule has 0 spiro atoms. The summed E-state index contributed by atoms with van der Waals surface area (Å²) in [4.78, 5) is 0. The van der Waals surface area contributed by atoms with E-state index in [9.17, 15) is 13.2 Å². The molecule has 0 amide bonds. The fraction of sp³-hybridized carbons (Fsp3) is 0.500. The lowest BCUT2D eigenvalue weighted by atomic mass is 9.95. The minimum Gasteiger partial charge on any atom is -0.330 e. The first-order valence-electron chi connectivity index (χ1n) is 5.28. The van der Waals surface area contributed by atoms with Crippen LogP contribution in [0.2, 0.25) is 0 Å². The van der Waals surface area contributed by atoms with Crippen molar-refractivity contribution in [1.82, 2.24) is 0 Å². The highest BCUT2D eigenvalue weighted by atomic mass is 19.4. The Morgan fingerprint density at radius 3 is 2.56 bits per heavy atom. The molecule has 1 aromatic carbocycles. The number of rotatable bonds is 4. The molecule has 0 fully saturated rings. The topological polar surface area (TPSA) is 26.0 Å². The monoisotopic (exact) mass is 231 g/mol. The van der Waals surface area contributed by atoms with Crippen LogP contribution in [0, 0.1) is 0 Å². The van der Waals surface area contributed by atoms with Crippen molar-refractivity contribution in [2.24, 2.45) is 5.73 Å². The van der Waals surface area contributed by atoms with Crippen LogP contribution in [0.15, 0.2) is 24.3 Å². The number of hydrogen-bond donors (Lipinski definition) is 1. The van der Waals surface area contributed by atoms with Crippen molar-refractivity contribution in [2.45, 2.75) is 31.9 Å². The van der Waals surface area contributed by atoms with E-state index in [2.05, 4.69) is 0 Å². The van der Waals surface area contributed by atoms with Gasteiger partial charge in [-0.3, -0.25) is 0 Å². The molecule has 4 heteroatoms. The SMILES string of the molecule is CC(CCN)c1cccc(CC(F)(F)F)c1. The van der Waals surface area contributed by atoms with Gasteiger partial charge in [-0.15, -0.1) is 0 Å². The molecular weight excluding hydrogens is 215 g/mol. The highest BCUT2D eigenvalue weighted by molar-refractivity contribution is 5.26. The quantitative estimate of drug-likeness (QED) is 0.845. The van der Waals surface area contributed by atoms with Gasteiger partial charge >= 0.3 is 6.18 Å². The lowest BCUT2D eigenvalue weighted by Gasteiger charge is -2.13. The van der Waals surface area contributed by atoms with Gasteiger partial charge in [0.15, 0.2) is 0 Å². The van der Waals surface area contributed by atoms with E-state index >= 15 is 0 Å². The van der Waals surface area contributed by atoms with E-state index in [1.165, 1.54) is 6.07 Å². The summed E-state index contributed by atoms with van der Waals surface area (Å²) in [6, 6.07) is 6.64. The maximum Gasteiger partial charge on any atom is 0.393 e. The zero-order valence-electron chi connectivity index (χ0n) is 9.22. The van der Waals surface area contributed by atoms with Gasteiger partial charge < -0.3 is 5.73 Å². The summed E-state index contributed by atoms with van der Waals surface area (Å²) in [6.45, 7) is 2.52. The van der Waals surface area contributed by atoms with Gasteiger partial charge in [0, 0.05) is 0 Å². The minimum absolute atomic E-state index is 0.207. The van der Waals surface area contributed by atoms with E-state index in [4.69, 9.17) is 5.73 Å². The summed E-state index contributed by atoms with van der Waals surface area (Å²) in [7, 11) is 0. The van der Waals surface area contributed by atoms with Crippen molar-refractivity contribution < 1.29 is 13.2 Å². The summed E-state index contributed by atoms with van der Waals surface area (Å²) >= 11 is 0. The third kappa shape index (κ3) is 4.23. The summed E-state index contributed by atoms with van der Waals surface area (Å²) in [5, 5.41) is 0. The molecule has 0 aliphatic carbocycles. The first-order chi connectivity index (χ1) is 7.42. The van der Waals surface area contributed by atoms with Crippen molar-refractivity contribution in [3.8, 4) is 0 Å². The second kappa shape index (κ2) is 5.34. The van der Waals surface area contributed by atoms with Crippen LogP contribution in [0.1, 0.15) is 30.4 Å². The second-order valence-electron chi connectivity index (χ2n) is 4.02. The van der Waals surface area contributed by atoms with Crippen LogP contribution < -0.4 is 5.73 Å². The van der Waals surface area contributed by atoms with Gasteiger partial charge in [0.05, 0.1) is 6.42 Å². The van der Waals surface area contributed by atoms with Crippen LogP contribution in [0.4, 0.5) is 13.2 Å². The molecule has 1 aromatic rings. The van der Waals surface area contributed by atoms with E-state index in [1.54, 1.807) is 12.1 Å². The van der Waals surface area contributed by atoms with Crippen LogP contribution in [-0.2, 0) is 6.42 Å². The van der Waals surface area contributed by atoms with Crippen LogP contribution in [0.25, 0.3) is 0 Å². The Labute approximate surface area is 93.5 Å². The molecule has 1 rings (SSSR count). The van der Waals surface area contributed by atoms with E-state index in [-0.39, 0.29) is 5.92 Å². The minimum atomic E-state index is -4.14. The molecule has 0 heterocycles. The number of hydrogen-bond acceptors (Lipinski definition) is 1. The molecule has 0 radical (unpaired) electrons. The first kappa shape index (κ1) is 13.0. The largest absolute Gasteiger partial charge is 0.393 e. The number of alkyl halides is 3. The van der Waals surface area contributed by atoms with Crippen molar-refractivity contribution in [3.05, 3.63) is 35.4 Å². The van der Waals surface area contributed by atoms with E-state index < -0.39 is 12.6 Å². The molecule has 2 N–H and O–H groups in total. The van der Waals surface area contributed by atoms with E-state index in [0.29, 0.717) is 12.1 Å². The van der Waals surface area contributed by atoms with Crippen molar-refractivity contribution in [2.75, 3.05) is 6.54 Å². The van der Waals surface area contributed by atoms with Crippen molar-refractivity contribution >= 4 is 0 Å². The Morgan fingerprint density at radius 1 is 1.31 bits per heavy atom. The van der Waals surface area contributed by atoms with Crippen LogP contribution in [0.3, 0.4) is 0 Å². The average molecular weight is 231 g/mol. The molecule has 0 aliphatic rings. The van der Waals surface area contributed by atoms with Crippen molar-refractivity contribution in [1.29, 1.82) is 0 Å². The molecule has 1 unspecified atom stereocenters. The molecule has 0 aliphatic heterocycles. The fourth-order valence-electron chi connectivity index (χ4n) is 1.66. The predicted molar refractivity (Wildman–Crippen MR) is 58.3 cm³/mol. The third-order valence-corrected chi connectivity index (χ3v) is 2.52. The molecule has 1 atom stereocenters. The lowest BCUT2D eigenvalue weighted by molar-refractivity contribution is -0.127. The Hall–Kier alpha value is -1.03. The Morgan fingerprint density at radius 2 is 2.00 bits per heavy atom. The third-order valence-electron chi connectivity index (χ3n) is 2.52. The smallest absolute Gasteiger partial charge is 0.330 e. The van der Waals surface area contributed by atoms with Gasteiger partial charge in [-0.1, -0.05) is 31.2 Å². The zero-order valence-corrected chi connectivity index (χ0v) is 9.22. The zero-order chi connectivity index (χ0) is 12.2. The van der Waals surface area contributed by atoms with Gasteiger partial charge in [-0.25, -0.2) is 0 Å². The second-order valence-corrected chi connectivity index (χ2v) is 4.02. The summed E-state index contributed by atoms with van der Waals surface area (Å²) < 4.78 is 36.6. The predicted octanol–water partition coefficient (Wildman–Crippen LogP) is 3.24. The molecule has 0 saturated carbocycles. The van der Waals surface area contributed by atoms with E-state index in [0.717, 1.165) is 12.0 Å². The molecule has 16 heavy (non-hydrogen) atoms. The summed E-state index contributed by atoms with van der Waals surface area (Å²) in [6.07, 6.45) is -4.22. The van der Waals surface area contributed by atoms with Crippen LogP contribution in [0.5, 0.6) is 0 Å². The average Bonchev–Trinajstić information content (AvgIpc) is 2.16. The molecule has 0 aromatic heterocycles. The van der Waals surface area contributed by atoms with Crippen molar-refractivity contribution in [3.63, 3.8) is 0 Å². The molecule has 0 saturated heterocycles. The van der Waals surface area contributed by atoms with Crippen LogP contribution in [-0.4, -0.2) is 12.7 Å². The summed E-state index contributed by atoms with van der Waals surface area (Å²) in [5.41, 5.74) is 6.66. The first-order valence-corrected chi connectivity index (χ1v) is 5.28. The highest BCUT2D eigenvalue weighted by Crippen LogP contribution is 2.24. The normalized spacial score (nSPS) is 13.8. The maximum absolute atomic E-state index is 12.2. The van der Waals surface area contributed by atoms with Crippen LogP contribution >= 0.6 is 0 Å². The molecule has 90 valence electrons.